The summed E-state index contributed by atoms with van der Waals surface area (Å²) in [6, 6.07) is 10.6. The number of carbonyl (C=O) groups excluding carboxylic acids is 1. The number of ether oxygens (including phenoxy) is 1. The molecule has 1 N–H and O–H groups in total. The van der Waals surface area contributed by atoms with Crippen molar-refractivity contribution >= 4 is 18.3 Å². The van der Waals surface area contributed by atoms with Crippen molar-refractivity contribution in [3.63, 3.8) is 0 Å². The average Bonchev–Trinajstić information content (AvgIpc) is 2.44. The maximum Gasteiger partial charge on any atom is 0.248 e. The van der Waals surface area contributed by atoms with Gasteiger partial charge in [-0.05, 0) is 18.9 Å². The Kier molecular flexibility index (Phi) is 7.59. The molecule has 1 saturated heterocycles. The van der Waals surface area contributed by atoms with E-state index in [0.29, 0.717) is 12.6 Å². The summed E-state index contributed by atoms with van der Waals surface area (Å²) in [5, 5.41) is 3.32. The first-order chi connectivity index (χ1) is 9.25. The van der Waals surface area contributed by atoms with E-state index in [0.717, 1.165) is 26.1 Å². The second-order valence-corrected chi connectivity index (χ2v) is 4.98. The number of halogens is 1. The van der Waals surface area contributed by atoms with Crippen LogP contribution in [0.5, 0.6) is 0 Å². The summed E-state index contributed by atoms with van der Waals surface area (Å²) < 4.78 is 5.48. The van der Waals surface area contributed by atoms with Crippen LogP contribution in [0.4, 0.5) is 0 Å². The minimum atomic E-state index is 0. The van der Waals surface area contributed by atoms with E-state index in [-0.39, 0.29) is 24.9 Å². The van der Waals surface area contributed by atoms with Crippen LogP contribution in [0, 0.1) is 0 Å². The first-order valence-electron chi connectivity index (χ1n) is 6.88. The van der Waals surface area contributed by atoms with Gasteiger partial charge < -0.3 is 15.0 Å². The van der Waals surface area contributed by atoms with Crippen molar-refractivity contribution in [2.45, 2.75) is 19.4 Å². The monoisotopic (exact) mass is 298 g/mol. The van der Waals surface area contributed by atoms with Crippen LogP contribution in [0.25, 0.3) is 0 Å². The van der Waals surface area contributed by atoms with E-state index in [1.165, 1.54) is 5.56 Å². The quantitative estimate of drug-likeness (QED) is 0.838. The van der Waals surface area contributed by atoms with E-state index in [2.05, 4.69) is 24.4 Å². The normalized spacial score (nSPS) is 18.4. The predicted octanol–water partition coefficient (Wildman–Crippen LogP) is 1.49. The summed E-state index contributed by atoms with van der Waals surface area (Å²) in [6.45, 7) is 5.32. The minimum Gasteiger partial charge on any atom is -0.371 e. The molecular formula is C15H23ClN2O2. The molecule has 1 aliphatic rings. The standard InChI is InChI=1S/C15H22N2O2.ClH/c1-13-11-17(9-8-16-13)15(18)12-19-10-7-14-5-3-2-4-6-14;/h2-6,13,16H,7-12H2,1H3;1H. The molecule has 1 aromatic rings. The van der Waals surface area contributed by atoms with Gasteiger partial charge in [0, 0.05) is 25.7 Å². The highest BCUT2D eigenvalue weighted by molar-refractivity contribution is 5.85. The molecule has 0 aromatic heterocycles. The van der Waals surface area contributed by atoms with Gasteiger partial charge in [-0.3, -0.25) is 4.79 Å². The van der Waals surface area contributed by atoms with Crippen LogP contribution in [0.15, 0.2) is 30.3 Å². The molecule has 5 heteroatoms. The van der Waals surface area contributed by atoms with Gasteiger partial charge in [-0.15, -0.1) is 12.4 Å². The van der Waals surface area contributed by atoms with Crippen molar-refractivity contribution in [1.82, 2.24) is 10.2 Å². The Labute approximate surface area is 126 Å². The number of piperazine rings is 1. The minimum absolute atomic E-state index is 0. The molecular weight excluding hydrogens is 276 g/mol. The van der Waals surface area contributed by atoms with Crippen LogP contribution in [-0.2, 0) is 16.0 Å². The Balaban J connectivity index is 0.00000200. The topological polar surface area (TPSA) is 41.6 Å². The first kappa shape index (κ1) is 17.0. The third kappa shape index (κ3) is 5.49. The van der Waals surface area contributed by atoms with Gasteiger partial charge in [0.1, 0.15) is 6.61 Å². The van der Waals surface area contributed by atoms with Crippen molar-refractivity contribution in [2.24, 2.45) is 0 Å². The zero-order valence-corrected chi connectivity index (χ0v) is 12.7. The van der Waals surface area contributed by atoms with Crippen molar-refractivity contribution in [3.05, 3.63) is 35.9 Å². The summed E-state index contributed by atoms with van der Waals surface area (Å²) in [7, 11) is 0. The number of hydrogen-bond donors (Lipinski definition) is 1. The number of nitrogens with one attached hydrogen (secondary N) is 1. The third-order valence-electron chi connectivity index (χ3n) is 3.32. The lowest BCUT2D eigenvalue weighted by molar-refractivity contribution is -0.137. The zero-order chi connectivity index (χ0) is 13.5. The number of carbonyl (C=O) groups is 1. The smallest absolute Gasteiger partial charge is 0.248 e. The lowest BCUT2D eigenvalue weighted by atomic mass is 10.2. The number of rotatable bonds is 5. The third-order valence-corrected chi connectivity index (χ3v) is 3.32. The number of amides is 1. The highest BCUT2D eigenvalue weighted by atomic mass is 35.5. The Bertz CT molecular complexity index is 400. The van der Waals surface area contributed by atoms with Gasteiger partial charge in [-0.1, -0.05) is 30.3 Å². The molecule has 0 saturated carbocycles. The average molecular weight is 299 g/mol. The fourth-order valence-corrected chi connectivity index (χ4v) is 2.24. The van der Waals surface area contributed by atoms with Crippen LogP contribution < -0.4 is 5.32 Å². The second-order valence-electron chi connectivity index (χ2n) is 4.98. The van der Waals surface area contributed by atoms with Gasteiger partial charge in [0.15, 0.2) is 0 Å². The van der Waals surface area contributed by atoms with Crippen LogP contribution in [0.3, 0.4) is 0 Å². The summed E-state index contributed by atoms with van der Waals surface area (Å²) in [4.78, 5) is 13.8. The Morgan fingerprint density at radius 2 is 2.15 bits per heavy atom. The molecule has 1 unspecified atom stereocenters. The van der Waals surface area contributed by atoms with E-state index in [4.69, 9.17) is 4.74 Å². The van der Waals surface area contributed by atoms with E-state index in [1.807, 2.05) is 23.1 Å². The highest BCUT2D eigenvalue weighted by Gasteiger charge is 2.19. The number of benzene rings is 1. The van der Waals surface area contributed by atoms with Gasteiger partial charge in [0.2, 0.25) is 5.91 Å². The molecule has 0 aliphatic carbocycles. The van der Waals surface area contributed by atoms with Crippen LogP contribution in [0.2, 0.25) is 0 Å². The molecule has 20 heavy (non-hydrogen) atoms. The molecule has 1 aromatic carbocycles. The fourth-order valence-electron chi connectivity index (χ4n) is 2.24. The van der Waals surface area contributed by atoms with Crippen LogP contribution >= 0.6 is 12.4 Å². The maximum absolute atomic E-state index is 11.9. The largest absolute Gasteiger partial charge is 0.371 e. The van der Waals surface area contributed by atoms with Crippen LogP contribution in [-0.4, -0.2) is 49.7 Å². The number of hydrogen-bond acceptors (Lipinski definition) is 3. The molecule has 2 rings (SSSR count). The molecule has 1 atom stereocenters. The molecule has 1 aliphatic heterocycles. The summed E-state index contributed by atoms with van der Waals surface area (Å²) in [5.41, 5.74) is 1.24. The highest BCUT2D eigenvalue weighted by Crippen LogP contribution is 2.01. The van der Waals surface area contributed by atoms with Gasteiger partial charge in [0.05, 0.1) is 6.61 Å². The molecule has 0 radical (unpaired) electrons. The molecule has 1 fully saturated rings. The molecule has 0 bridgehead atoms. The van der Waals surface area contributed by atoms with Crippen molar-refractivity contribution < 1.29 is 9.53 Å². The molecule has 4 nitrogen and oxygen atoms in total. The van der Waals surface area contributed by atoms with Gasteiger partial charge >= 0.3 is 0 Å². The fraction of sp³-hybridized carbons (Fsp3) is 0.533. The van der Waals surface area contributed by atoms with E-state index in [1.54, 1.807) is 0 Å². The molecule has 1 heterocycles. The molecule has 1 amide bonds. The lowest BCUT2D eigenvalue weighted by Crippen LogP contribution is -2.52. The first-order valence-corrected chi connectivity index (χ1v) is 6.88. The summed E-state index contributed by atoms with van der Waals surface area (Å²) in [6.07, 6.45) is 0.853. The summed E-state index contributed by atoms with van der Waals surface area (Å²) in [5.74, 6) is 0.0985. The van der Waals surface area contributed by atoms with Crippen molar-refractivity contribution in [3.8, 4) is 0 Å². The second kappa shape index (κ2) is 8.95. The van der Waals surface area contributed by atoms with Crippen LogP contribution in [0.1, 0.15) is 12.5 Å². The van der Waals surface area contributed by atoms with Crippen molar-refractivity contribution in [1.29, 1.82) is 0 Å². The van der Waals surface area contributed by atoms with E-state index >= 15 is 0 Å². The van der Waals surface area contributed by atoms with Gasteiger partial charge in [0.25, 0.3) is 0 Å². The molecule has 0 spiro atoms. The Morgan fingerprint density at radius 1 is 1.40 bits per heavy atom. The van der Waals surface area contributed by atoms with Gasteiger partial charge in [-0.25, -0.2) is 0 Å². The van der Waals surface area contributed by atoms with Gasteiger partial charge in [-0.2, -0.15) is 0 Å². The van der Waals surface area contributed by atoms with Crippen molar-refractivity contribution in [2.75, 3.05) is 32.8 Å². The maximum atomic E-state index is 11.9. The SMILES string of the molecule is CC1CN(C(=O)COCCc2ccccc2)CCN1.Cl. The number of nitrogens with zero attached hydrogens (tertiary/aromatic N) is 1. The Hall–Kier alpha value is -1.10. The van der Waals surface area contributed by atoms with E-state index < -0.39 is 0 Å². The predicted molar refractivity (Wildman–Crippen MR) is 82.3 cm³/mol. The summed E-state index contributed by atoms with van der Waals surface area (Å²) >= 11 is 0. The molecule has 112 valence electrons. The van der Waals surface area contributed by atoms with E-state index in [9.17, 15) is 4.79 Å². The lowest BCUT2D eigenvalue weighted by Gasteiger charge is -2.31. The Morgan fingerprint density at radius 3 is 2.85 bits per heavy atom. The zero-order valence-electron chi connectivity index (χ0n) is 11.9.